The van der Waals surface area contributed by atoms with Gasteiger partial charge in [0.1, 0.15) is 11.5 Å². The summed E-state index contributed by atoms with van der Waals surface area (Å²) in [7, 11) is 2.91. The minimum absolute atomic E-state index is 0.00826. The van der Waals surface area contributed by atoms with E-state index in [1.165, 1.54) is 7.11 Å². The zero-order chi connectivity index (χ0) is 20.4. The predicted octanol–water partition coefficient (Wildman–Crippen LogP) is 3.93. The van der Waals surface area contributed by atoms with E-state index in [4.69, 9.17) is 25.8 Å². The molecule has 1 N–H and O–H groups in total. The monoisotopic (exact) mass is 405 g/mol. The van der Waals surface area contributed by atoms with Crippen LogP contribution in [0.3, 0.4) is 0 Å². The first-order valence-electron chi connectivity index (χ1n) is 8.91. The fraction of sp³-hybridized carbons (Fsp3) is 0.333. The molecule has 0 bridgehead atoms. The Morgan fingerprint density at radius 1 is 1.04 bits per heavy atom. The number of ether oxygens (including phenoxy) is 3. The Labute approximate surface area is 169 Å². The van der Waals surface area contributed by atoms with Gasteiger partial charge in [-0.05, 0) is 42.3 Å². The quantitative estimate of drug-likeness (QED) is 0.479. The summed E-state index contributed by atoms with van der Waals surface area (Å²) in [5, 5.41) is 3.34. The number of benzene rings is 2. The van der Waals surface area contributed by atoms with Crippen LogP contribution in [0.5, 0.6) is 11.5 Å². The molecule has 0 aliphatic carbocycles. The highest BCUT2D eigenvalue weighted by atomic mass is 35.5. The number of amides is 1. The van der Waals surface area contributed by atoms with Crippen LogP contribution in [0.25, 0.3) is 0 Å². The number of nitrogens with one attached hydrogen (secondary N) is 1. The molecular weight excluding hydrogens is 382 g/mol. The summed E-state index contributed by atoms with van der Waals surface area (Å²) in [6, 6.07) is 13.8. The van der Waals surface area contributed by atoms with Crippen molar-refractivity contribution in [3.63, 3.8) is 0 Å². The van der Waals surface area contributed by atoms with E-state index < -0.39 is 12.0 Å². The first kappa shape index (κ1) is 21.6. The van der Waals surface area contributed by atoms with E-state index in [0.717, 1.165) is 5.75 Å². The second kappa shape index (κ2) is 11.2. The molecule has 0 radical (unpaired) electrons. The lowest BCUT2D eigenvalue weighted by Gasteiger charge is -2.19. The zero-order valence-corrected chi connectivity index (χ0v) is 16.7. The molecule has 0 saturated heterocycles. The molecule has 2 rings (SSSR count). The van der Waals surface area contributed by atoms with Crippen LogP contribution in [0.1, 0.15) is 30.9 Å². The van der Waals surface area contributed by atoms with Crippen LogP contribution in [0.2, 0.25) is 5.02 Å². The average Bonchev–Trinajstić information content (AvgIpc) is 2.71. The minimum Gasteiger partial charge on any atom is -0.497 e. The molecule has 2 aromatic rings. The van der Waals surface area contributed by atoms with Gasteiger partial charge in [-0.25, -0.2) is 0 Å². The third kappa shape index (κ3) is 6.78. The fourth-order valence-electron chi connectivity index (χ4n) is 2.61. The summed E-state index contributed by atoms with van der Waals surface area (Å²) >= 11 is 6.21. The molecule has 0 aromatic heterocycles. The summed E-state index contributed by atoms with van der Waals surface area (Å²) in [4.78, 5) is 24.0. The molecule has 1 amide bonds. The summed E-state index contributed by atoms with van der Waals surface area (Å²) in [5.74, 6) is 0.851. The predicted molar refractivity (Wildman–Crippen MR) is 107 cm³/mol. The maximum Gasteiger partial charge on any atom is 0.307 e. The van der Waals surface area contributed by atoms with Gasteiger partial charge in [0.25, 0.3) is 0 Å². The number of carbonyl (C=O) groups is 2. The largest absolute Gasteiger partial charge is 0.497 e. The van der Waals surface area contributed by atoms with Crippen molar-refractivity contribution in [3.05, 3.63) is 59.1 Å². The van der Waals surface area contributed by atoms with Crippen molar-refractivity contribution in [3.8, 4) is 11.5 Å². The van der Waals surface area contributed by atoms with Gasteiger partial charge in [-0.3, -0.25) is 9.59 Å². The molecule has 0 aliphatic rings. The van der Waals surface area contributed by atoms with Gasteiger partial charge >= 0.3 is 5.97 Å². The summed E-state index contributed by atoms with van der Waals surface area (Å²) in [6.45, 7) is 0.396. The lowest BCUT2D eigenvalue weighted by Crippen LogP contribution is -2.30. The maximum absolute atomic E-state index is 12.3. The maximum atomic E-state index is 12.3. The molecule has 28 heavy (non-hydrogen) atoms. The van der Waals surface area contributed by atoms with E-state index in [2.05, 4.69) is 5.32 Å². The van der Waals surface area contributed by atoms with Crippen molar-refractivity contribution in [2.24, 2.45) is 0 Å². The molecule has 0 spiro atoms. The van der Waals surface area contributed by atoms with Gasteiger partial charge < -0.3 is 19.5 Å². The highest BCUT2D eigenvalue weighted by Gasteiger charge is 2.20. The number of carbonyl (C=O) groups excluding carboxylic acids is 2. The second-order valence-corrected chi connectivity index (χ2v) is 6.46. The van der Waals surface area contributed by atoms with Crippen LogP contribution in [0.4, 0.5) is 0 Å². The van der Waals surface area contributed by atoms with E-state index in [1.807, 2.05) is 24.3 Å². The van der Waals surface area contributed by atoms with Crippen LogP contribution in [0.15, 0.2) is 48.5 Å². The Balaban J connectivity index is 1.85. The van der Waals surface area contributed by atoms with E-state index in [-0.39, 0.29) is 18.7 Å². The number of halogens is 1. The SMILES string of the molecule is COC(=O)CC(NC(=O)CCCOc1ccc(OC)cc1)c1ccccc1Cl. The van der Waals surface area contributed by atoms with Crippen molar-refractivity contribution >= 4 is 23.5 Å². The van der Waals surface area contributed by atoms with Gasteiger partial charge in [-0.15, -0.1) is 0 Å². The van der Waals surface area contributed by atoms with Gasteiger partial charge in [0.15, 0.2) is 0 Å². The Kier molecular flexibility index (Phi) is 8.62. The Hall–Kier alpha value is -2.73. The summed E-state index contributed by atoms with van der Waals surface area (Å²) in [5.41, 5.74) is 0.678. The third-order valence-corrected chi connectivity index (χ3v) is 4.43. The molecule has 2 aromatic carbocycles. The van der Waals surface area contributed by atoms with E-state index >= 15 is 0 Å². The third-order valence-electron chi connectivity index (χ3n) is 4.09. The molecule has 0 saturated carbocycles. The highest BCUT2D eigenvalue weighted by Crippen LogP contribution is 2.25. The number of methoxy groups -OCH3 is 2. The summed E-state index contributed by atoms with van der Waals surface area (Å²) < 4.78 is 15.4. The number of esters is 1. The standard InChI is InChI=1S/C21H24ClNO5/c1-26-15-9-11-16(12-10-15)28-13-5-8-20(24)23-19(14-21(25)27-2)17-6-3-4-7-18(17)22/h3-4,6-7,9-12,19H,5,8,13-14H2,1-2H3,(H,23,24). The average molecular weight is 406 g/mol. The van der Waals surface area contributed by atoms with Crippen molar-refractivity contribution in [1.29, 1.82) is 0 Å². The smallest absolute Gasteiger partial charge is 0.307 e. The number of hydrogen-bond acceptors (Lipinski definition) is 5. The van der Waals surface area contributed by atoms with Crippen LogP contribution in [-0.4, -0.2) is 32.7 Å². The normalized spacial score (nSPS) is 11.4. The lowest BCUT2D eigenvalue weighted by molar-refractivity contribution is -0.141. The Morgan fingerprint density at radius 3 is 2.36 bits per heavy atom. The molecular formula is C21H24ClNO5. The molecule has 150 valence electrons. The van der Waals surface area contributed by atoms with Crippen molar-refractivity contribution in [2.75, 3.05) is 20.8 Å². The lowest BCUT2D eigenvalue weighted by atomic mass is 10.0. The second-order valence-electron chi connectivity index (χ2n) is 6.05. The van der Waals surface area contributed by atoms with Gasteiger partial charge in [0.05, 0.1) is 33.3 Å². The van der Waals surface area contributed by atoms with Crippen molar-refractivity contribution in [2.45, 2.75) is 25.3 Å². The Bertz CT molecular complexity index is 779. The van der Waals surface area contributed by atoms with Crippen molar-refractivity contribution < 1.29 is 23.8 Å². The van der Waals surface area contributed by atoms with Gasteiger partial charge in [0, 0.05) is 11.4 Å². The van der Waals surface area contributed by atoms with E-state index in [1.54, 1.807) is 31.4 Å². The van der Waals surface area contributed by atoms with Crippen LogP contribution in [0, 0.1) is 0 Å². The molecule has 0 fully saturated rings. The minimum atomic E-state index is -0.545. The topological polar surface area (TPSA) is 73.9 Å². The molecule has 6 nitrogen and oxygen atoms in total. The molecule has 1 atom stereocenters. The van der Waals surface area contributed by atoms with Crippen LogP contribution < -0.4 is 14.8 Å². The van der Waals surface area contributed by atoms with Gasteiger partial charge in [0.2, 0.25) is 5.91 Å². The van der Waals surface area contributed by atoms with Crippen LogP contribution >= 0.6 is 11.6 Å². The zero-order valence-electron chi connectivity index (χ0n) is 15.9. The Morgan fingerprint density at radius 2 is 1.71 bits per heavy atom. The van der Waals surface area contributed by atoms with Gasteiger partial charge in [-0.1, -0.05) is 29.8 Å². The molecule has 0 aliphatic heterocycles. The van der Waals surface area contributed by atoms with E-state index in [0.29, 0.717) is 29.4 Å². The molecule has 1 unspecified atom stereocenters. The van der Waals surface area contributed by atoms with Gasteiger partial charge in [-0.2, -0.15) is 0 Å². The fourth-order valence-corrected chi connectivity index (χ4v) is 2.88. The first-order valence-corrected chi connectivity index (χ1v) is 9.28. The molecule has 7 heteroatoms. The van der Waals surface area contributed by atoms with Crippen LogP contribution in [-0.2, 0) is 14.3 Å². The molecule has 0 heterocycles. The van der Waals surface area contributed by atoms with E-state index in [9.17, 15) is 9.59 Å². The number of hydrogen-bond donors (Lipinski definition) is 1. The number of rotatable bonds is 10. The van der Waals surface area contributed by atoms with Crippen molar-refractivity contribution in [1.82, 2.24) is 5.32 Å². The highest BCUT2D eigenvalue weighted by molar-refractivity contribution is 6.31. The first-order chi connectivity index (χ1) is 13.5. The summed E-state index contributed by atoms with van der Waals surface area (Å²) in [6.07, 6.45) is 0.804.